The van der Waals surface area contributed by atoms with Gasteiger partial charge in [0.2, 0.25) is 0 Å². The molecule has 3 aliphatic rings. The van der Waals surface area contributed by atoms with Crippen molar-refractivity contribution in [2.24, 2.45) is 17.8 Å². The number of ether oxygens (including phenoxy) is 1. The van der Waals surface area contributed by atoms with Gasteiger partial charge in [-0.15, -0.1) is 11.3 Å². The average molecular weight is 455 g/mol. The predicted molar refractivity (Wildman–Crippen MR) is 104 cm³/mol. The highest BCUT2D eigenvalue weighted by Crippen LogP contribution is 2.49. The van der Waals surface area contributed by atoms with Crippen molar-refractivity contribution in [3.8, 4) is 0 Å². The Morgan fingerprint density at radius 1 is 0.900 bits per heavy atom. The van der Waals surface area contributed by atoms with Crippen LogP contribution in [0, 0.1) is 17.8 Å². The fourth-order valence-electron chi connectivity index (χ4n) is 5.26. The van der Waals surface area contributed by atoms with E-state index in [2.05, 4.69) is 11.7 Å². The Balaban J connectivity index is 1.42. The zero-order valence-electron chi connectivity index (χ0n) is 17.1. The minimum Gasteiger partial charge on any atom is -0.317 e. The van der Waals surface area contributed by atoms with Crippen molar-refractivity contribution in [2.75, 3.05) is 0 Å². The molecule has 1 heterocycles. The third-order valence-electron chi connectivity index (χ3n) is 7.05. The molecule has 170 valence electrons. The van der Waals surface area contributed by atoms with Crippen LogP contribution in [0.5, 0.6) is 0 Å². The van der Waals surface area contributed by atoms with Crippen LogP contribution < -0.4 is 0 Å². The zero-order valence-corrected chi connectivity index (χ0v) is 17.9. The van der Waals surface area contributed by atoms with Crippen molar-refractivity contribution in [3.05, 3.63) is 21.4 Å². The standard InChI is InChI=1S/C22H28F6OS/c1-10-3-12-7-20(30-19(12)4-10)13-5-17(25)21(18(26)6-13)22(27,28)29-14-8-15(23)11(2)16(24)9-14/h7,10-11,13-18,21H,3-6,8-9H2,1-2H3. The summed E-state index contributed by atoms with van der Waals surface area (Å²) < 4.78 is 91.5. The summed E-state index contributed by atoms with van der Waals surface area (Å²) in [6, 6.07) is 1.98. The Morgan fingerprint density at radius 2 is 1.50 bits per heavy atom. The first-order chi connectivity index (χ1) is 14.0. The number of rotatable bonds is 4. The molecule has 0 aromatic carbocycles. The van der Waals surface area contributed by atoms with Gasteiger partial charge in [0, 0.05) is 28.5 Å². The van der Waals surface area contributed by atoms with Crippen LogP contribution in [0.3, 0.4) is 0 Å². The number of alkyl halides is 6. The van der Waals surface area contributed by atoms with E-state index in [-0.39, 0.29) is 25.7 Å². The van der Waals surface area contributed by atoms with Gasteiger partial charge in [-0.25, -0.2) is 17.6 Å². The second-order valence-electron chi connectivity index (χ2n) is 9.50. The fourth-order valence-corrected chi connectivity index (χ4v) is 6.75. The van der Waals surface area contributed by atoms with Gasteiger partial charge >= 0.3 is 6.11 Å². The number of hydrogen-bond acceptors (Lipinski definition) is 2. The minimum absolute atomic E-state index is 0.196. The lowest BCUT2D eigenvalue weighted by Gasteiger charge is -2.40. The maximum absolute atomic E-state index is 14.8. The second-order valence-corrected chi connectivity index (χ2v) is 10.7. The van der Waals surface area contributed by atoms with Crippen molar-refractivity contribution >= 4 is 11.3 Å². The third-order valence-corrected chi connectivity index (χ3v) is 8.41. The van der Waals surface area contributed by atoms with E-state index in [1.54, 1.807) is 0 Å². The van der Waals surface area contributed by atoms with E-state index in [0.29, 0.717) is 5.92 Å². The molecule has 0 aliphatic heterocycles. The largest absolute Gasteiger partial charge is 0.364 e. The Hall–Kier alpha value is -0.760. The minimum atomic E-state index is -4.11. The number of thiophene rings is 1. The molecule has 0 amide bonds. The maximum Gasteiger partial charge on any atom is 0.364 e. The van der Waals surface area contributed by atoms with Crippen LogP contribution in [-0.4, -0.2) is 36.9 Å². The lowest BCUT2D eigenvalue weighted by Crippen LogP contribution is -2.50. The third kappa shape index (κ3) is 4.27. The molecule has 0 spiro atoms. The summed E-state index contributed by atoms with van der Waals surface area (Å²) in [7, 11) is 0. The SMILES string of the molecule is CC1Cc2cc(C3CC(F)C(C(F)(F)OC4CC(F)C(C)C(F)C4)C(F)C3)sc2C1. The van der Waals surface area contributed by atoms with Crippen LogP contribution in [-0.2, 0) is 17.6 Å². The normalized spacial score (nSPS) is 42.3. The predicted octanol–water partition coefficient (Wildman–Crippen LogP) is 6.74. The highest BCUT2D eigenvalue weighted by atomic mass is 32.1. The molecule has 0 saturated heterocycles. The van der Waals surface area contributed by atoms with Gasteiger partial charge in [0.05, 0.1) is 6.10 Å². The highest BCUT2D eigenvalue weighted by molar-refractivity contribution is 7.12. The van der Waals surface area contributed by atoms with Crippen LogP contribution in [0.15, 0.2) is 6.07 Å². The Labute approximate surface area is 177 Å². The molecule has 8 heteroatoms. The van der Waals surface area contributed by atoms with Crippen LogP contribution in [0.2, 0.25) is 0 Å². The first kappa shape index (κ1) is 22.4. The molecule has 0 bridgehead atoms. The van der Waals surface area contributed by atoms with Crippen LogP contribution >= 0.6 is 11.3 Å². The lowest BCUT2D eigenvalue weighted by molar-refractivity contribution is -0.321. The van der Waals surface area contributed by atoms with E-state index in [0.717, 1.165) is 17.7 Å². The van der Waals surface area contributed by atoms with Gasteiger partial charge in [-0.3, -0.25) is 0 Å². The average Bonchev–Trinajstić information content (AvgIpc) is 3.15. The highest BCUT2D eigenvalue weighted by Gasteiger charge is 2.56. The summed E-state index contributed by atoms with van der Waals surface area (Å²) in [6.07, 6.45) is -12.2. The molecule has 1 nitrogen and oxygen atoms in total. The van der Waals surface area contributed by atoms with Crippen molar-refractivity contribution in [2.45, 2.75) is 95.2 Å². The lowest BCUT2D eigenvalue weighted by atomic mass is 9.77. The molecule has 30 heavy (non-hydrogen) atoms. The summed E-state index contributed by atoms with van der Waals surface area (Å²) in [5.41, 5.74) is 1.21. The van der Waals surface area contributed by atoms with E-state index in [1.165, 1.54) is 28.7 Å². The number of hydrogen-bond donors (Lipinski definition) is 0. The summed E-state index contributed by atoms with van der Waals surface area (Å²) >= 11 is 1.54. The van der Waals surface area contributed by atoms with E-state index in [4.69, 9.17) is 0 Å². The molecule has 2 saturated carbocycles. The molecule has 1 aromatic rings. The molecule has 5 unspecified atom stereocenters. The second kappa shape index (κ2) is 8.30. The molecule has 4 rings (SSSR count). The molecule has 1 aromatic heterocycles. The van der Waals surface area contributed by atoms with Gasteiger partial charge in [-0.1, -0.05) is 13.8 Å². The fraction of sp³-hybridized carbons (Fsp3) is 0.818. The Kier molecular flexibility index (Phi) is 6.21. The van der Waals surface area contributed by atoms with E-state index >= 15 is 0 Å². The molecule has 0 radical (unpaired) electrons. The smallest absolute Gasteiger partial charge is 0.317 e. The molecule has 5 atom stereocenters. The topological polar surface area (TPSA) is 9.23 Å². The van der Waals surface area contributed by atoms with Gasteiger partial charge in [0.1, 0.15) is 30.6 Å². The van der Waals surface area contributed by atoms with E-state index in [9.17, 15) is 26.3 Å². The van der Waals surface area contributed by atoms with Gasteiger partial charge < -0.3 is 4.74 Å². The molecule has 0 N–H and O–H groups in total. The monoisotopic (exact) mass is 454 g/mol. The Morgan fingerprint density at radius 3 is 2.07 bits per heavy atom. The van der Waals surface area contributed by atoms with Crippen LogP contribution in [0.1, 0.15) is 60.8 Å². The van der Waals surface area contributed by atoms with Gasteiger partial charge in [-0.2, -0.15) is 8.78 Å². The number of halogens is 6. The van der Waals surface area contributed by atoms with Gasteiger partial charge in [-0.05, 0) is 49.1 Å². The maximum atomic E-state index is 14.8. The van der Waals surface area contributed by atoms with Crippen molar-refractivity contribution in [1.82, 2.24) is 0 Å². The van der Waals surface area contributed by atoms with Crippen molar-refractivity contribution in [1.29, 1.82) is 0 Å². The molecule has 3 aliphatic carbocycles. The molecular formula is C22H28F6OS. The van der Waals surface area contributed by atoms with Crippen molar-refractivity contribution < 1.29 is 31.1 Å². The zero-order chi connectivity index (χ0) is 21.8. The molecule has 2 fully saturated rings. The summed E-state index contributed by atoms with van der Waals surface area (Å²) in [6.45, 7) is 3.53. The first-order valence-corrected chi connectivity index (χ1v) is 11.6. The van der Waals surface area contributed by atoms with Crippen molar-refractivity contribution in [3.63, 3.8) is 0 Å². The molecular weight excluding hydrogens is 426 g/mol. The summed E-state index contributed by atoms with van der Waals surface area (Å²) in [4.78, 5) is 2.09. The van der Waals surface area contributed by atoms with E-state index < -0.39 is 54.7 Å². The quantitative estimate of drug-likeness (QED) is 0.458. The van der Waals surface area contributed by atoms with Crippen LogP contribution in [0.4, 0.5) is 26.3 Å². The van der Waals surface area contributed by atoms with Gasteiger partial charge in [0.25, 0.3) is 0 Å². The Bertz CT molecular complexity index is 706. The van der Waals surface area contributed by atoms with Gasteiger partial charge in [0.15, 0.2) is 0 Å². The first-order valence-electron chi connectivity index (χ1n) is 10.8. The summed E-state index contributed by atoms with van der Waals surface area (Å²) in [5, 5.41) is 0. The van der Waals surface area contributed by atoms with Crippen LogP contribution in [0.25, 0.3) is 0 Å². The summed E-state index contributed by atoms with van der Waals surface area (Å²) in [5.74, 6) is -3.03. The number of fused-ring (bicyclic) bond motifs is 1. The van der Waals surface area contributed by atoms with E-state index in [1.807, 2.05) is 6.07 Å².